The van der Waals surface area contributed by atoms with E-state index in [4.69, 9.17) is 0 Å². The lowest BCUT2D eigenvalue weighted by molar-refractivity contribution is 0.101. The molecule has 0 bridgehead atoms. The number of benzene rings is 1. The Labute approximate surface area is 106 Å². The Balaban J connectivity index is 2.24. The molecule has 0 radical (unpaired) electrons. The van der Waals surface area contributed by atoms with Crippen molar-refractivity contribution in [2.24, 2.45) is 0 Å². The number of thioether (sulfide) groups is 1. The molecule has 0 fully saturated rings. The van der Waals surface area contributed by atoms with E-state index < -0.39 is 5.82 Å². The van der Waals surface area contributed by atoms with Gasteiger partial charge in [0.05, 0.1) is 5.56 Å². The monoisotopic (exact) mass is 267 g/mol. The largest absolute Gasteiger partial charge is 0.507 e. The number of nitrogens with zero attached hydrogens (tertiary/aromatic N) is 2. The molecule has 0 aliphatic heterocycles. The van der Waals surface area contributed by atoms with E-state index in [-0.39, 0.29) is 17.1 Å². The predicted octanol–water partition coefficient (Wildman–Crippen LogP) is 2.14. The van der Waals surface area contributed by atoms with E-state index in [1.165, 1.54) is 31.1 Å². The maximum absolute atomic E-state index is 13.3. The zero-order valence-corrected chi connectivity index (χ0v) is 10.3. The fourth-order valence-corrected chi connectivity index (χ4v) is 2.20. The highest BCUT2D eigenvalue weighted by Crippen LogP contribution is 2.29. The third-order valence-electron chi connectivity index (χ3n) is 2.29. The summed E-state index contributed by atoms with van der Waals surface area (Å²) in [5, 5.41) is 16.7. The highest BCUT2D eigenvalue weighted by atomic mass is 32.2. The zero-order valence-electron chi connectivity index (χ0n) is 9.48. The van der Waals surface area contributed by atoms with Gasteiger partial charge in [0.15, 0.2) is 10.9 Å². The fourth-order valence-electron chi connectivity index (χ4n) is 1.44. The topological polar surface area (TPSA) is 78.9 Å². The first-order valence-corrected chi connectivity index (χ1v) is 6.07. The van der Waals surface area contributed by atoms with Crippen LogP contribution in [0.25, 0.3) is 0 Å². The van der Waals surface area contributed by atoms with Gasteiger partial charge in [-0.3, -0.25) is 9.89 Å². The minimum Gasteiger partial charge on any atom is -0.507 e. The minimum absolute atomic E-state index is 0.0110. The second-order valence-electron chi connectivity index (χ2n) is 3.60. The molecule has 0 atom stereocenters. The molecule has 1 heterocycles. The van der Waals surface area contributed by atoms with Crippen LogP contribution in [0.3, 0.4) is 0 Å². The van der Waals surface area contributed by atoms with Gasteiger partial charge in [0, 0.05) is 11.3 Å². The number of rotatable bonds is 4. The third kappa shape index (κ3) is 2.67. The number of aromatic amines is 1. The van der Waals surface area contributed by atoms with Gasteiger partial charge in [0.1, 0.15) is 17.9 Å². The van der Waals surface area contributed by atoms with Crippen LogP contribution < -0.4 is 0 Å². The number of nitrogens with one attached hydrogen (secondary N) is 1. The molecule has 0 spiro atoms. The van der Waals surface area contributed by atoms with Crippen molar-refractivity contribution in [3.63, 3.8) is 0 Å². The lowest BCUT2D eigenvalue weighted by atomic mass is 10.1. The summed E-state index contributed by atoms with van der Waals surface area (Å²) in [6, 6.07) is 2.23. The summed E-state index contributed by atoms with van der Waals surface area (Å²) < 4.78 is 13.3. The molecule has 1 aromatic carbocycles. The Morgan fingerprint density at radius 1 is 1.56 bits per heavy atom. The number of phenolic OH excluding ortho intramolecular Hbond substituents is 1. The molecule has 0 saturated heterocycles. The number of H-pyrrole nitrogens is 1. The molecule has 94 valence electrons. The van der Waals surface area contributed by atoms with Crippen LogP contribution in [-0.4, -0.2) is 26.1 Å². The zero-order chi connectivity index (χ0) is 13.1. The molecule has 18 heavy (non-hydrogen) atoms. The number of phenols is 1. The van der Waals surface area contributed by atoms with E-state index in [0.717, 1.165) is 6.07 Å². The Hall–Kier alpha value is -1.89. The van der Waals surface area contributed by atoms with Crippen LogP contribution >= 0.6 is 11.8 Å². The summed E-state index contributed by atoms with van der Waals surface area (Å²) in [6.07, 6.45) is 1.36. The van der Waals surface area contributed by atoms with E-state index in [1.54, 1.807) is 0 Å². The summed E-state index contributed by atoms with van der Waals surface area (Å²) in [5.41, 5.74) is 0.338. The molecule has 0 unspecified atom stereocenters. The van der Waals surface area contributed by atoms with E-state index in [1.807, 2.05) is 0 Å². The normalized spacial score (nSPS) is 10.6. The number of halogens is 1. The van der Waals surface area contributed by atoms with Crippen molar-refractivity contribution in [1.82, 2.24) is 15.2 Å². The number of carbonyl (C=O) groups is 1. The fraction of sp³-hybridized carbons (Fsp3) is 0.182. The number of hydrogen-bond acceptors (Lipinski definition) is 5. The van der Waals surface area contributed by atoms with Crippen LogP contribution in [0, 0.1) is 5.82 Å². The van der Waals surface area contributed by atoms with Crippen molar-refractivity contribution in [3.8, 4) is 5.75 Å². The summed E-state index contributed by atoms with van der Waals surface area (Å²) >= 11 is 1.26. The Kier molecular flexibility index (Phi) is 3.61. The third-order valence-corrected chi connectivity index (χ3v) is 3.22. The smallest absolute Gasteiger partial charge is 0.183 e. The van der Waals surface area contributed by atoms with E-state index in [0.29, 0.717) is 16.5 Å². The van der Waals surface area contributed by atoms with Crippen LogP contribution in [0.15, 0.2) is 23.6 Å². The summed E-state index contributed by atoms with van der Waals surface area (Å²) in [7, 11) is 0. The van der Waals surface area contributed by atoms with Gasteiger partial charge in [-0.2, -0.15) is 5.10 Å². The second kappa shape index (κ2) is 5.18. The molecular weight excluding hydrogens is 257 g/mol. The molecule has 0 aliphatic rings. The minimum atomic E-state index is -0.550. The molecule has 0 amide bonds. The summed E-state index contributed by atoms with van der Waals surface area (Å²) in [6.45, 7) is 1.28. The van der Waals surface area contributed by atoms with Gasteiger partial charge in [-0.15, -0.1) is 0 Å². The number of ketones is 1. The molecular formula is C11H10FN3O2S. The van der Waals surface area contributed by atoms with Crippen molar-refractivity contribution in [2.75, 3.05) is 0 Å². The Morgan fingerprint density at radius 2 is 2.33 bits per heavy atom. The van der Waals surface area contributed by atoms with Crippen LogP contribution in [0.4, 0.5) is 4.39 Å². The van der Waals surface area contributed by atoms with Gasteiger partial charge >= 0.3 is 0 Å². The molecule has 1 aromatic heterocycles. The molecule has 2 rings (SSSR count). The van der Waals surface area contributed by atoms with Gasteiger partial charge in [-0.1, -0.05) is 11.8 Å². The van der Waals surface area contributed by atoms with Crippen molar-refractivity contribution >= 4 is 17.5 Å². The molecule has 0 aliphatic carbocycles. The highest BCUT2D eigenvalue weighted by Gasteiger charge is 2.14. The Morgan fingerprint density at radius 3 is 2.94 bits per heavy atom. The molecule has 2 aromatic rings. The molecule has 2 N–H and O–H groups in total. The van der Waals surface area contributed by atoms with Crippen molar-refractivity contribution in [2.45, 2.75) is 17.8 Å². The van der Waals surface area contributed by atoms with Crippen molar-refractivity contribution in [1.29, 1.82) is 0 Å². The van der Waals surface area contributed by atoms with E-state index in [2.05, 4.69) is 15.2 Å². The van der Waals surface area contributed by atoms with Gasteiger partial charge < -0.3 is 5.11 Å². The maximum atomic E-state index is 13.3. The van der Waals surface area contributed by atoms with Crippen molar-refractivity contribution in [3.05, 3.63) is 35.4 Å². The number of Topliss-reactive ketones (excluding diaryl/α,β-unsaturated/α-hetero) is 1. The van der Waals surface area contributed by atoms with E-state index in [9.17, 15) is 14.3 Å². The van der Waals surface area contributed by atoms with Crippen LogP contribution in [0.2, 0.25) is 0 Å². The van der Waals surface area contributed by atoms with Gasteiger partial charge in [0.2, 0.25) is 0 Å². The average Bonchev–Trinajstić information content (AvgIpc) is 2.82. The molecule has 7 heteroatoms. The van der Waals surface area contributed by atoms with Crippen LogP contribution in [-0.2, 0) is 5.75 Å². The molecule has 5 nitrogen and oxygen atoms in total. The lowest BCUT2D eigenvalue weighted by Gasteiger charge is -2.07. The summed E-state index contributed by atoms with van der Waals surface area (Å²) in [5.74, 6) is -0.820. The number of aromatic hydroxyl groups is 1. The Bertz CT molecular complexity index is 572. The standard InChI is InChI=1S/C11H10FN3O2S/c1-6(16)9-3-8(12)2-7(10(9)17)4-18-11-13-5-14-15-11/h2-3,5,17H,4H2,1H3,(H,13,14,15). The number of hydrogen-bond donors (Lipinski definition) is 2. The van der Waals surface area contributed by atoms with Crippen LogP contribution in [0.1, 0.15) is 22.8 Å². The maximum Gasteiger partial charge on any atom is 0.183 e. The number of carbonyl (C=O) groups excluding carboxylic acids is 1. The first-order chi connectivity index (χ1) is 8.58. The first kappa shape index (κ1) is 12.6. The SMILES string of the molecule is CC(=O)c1cc(F)cc(CSc2ncn[nH]2)c1O. The number of aromatic nitrogens is 3. The lowest BCUT2D eigenvalue weighted by Crippen LogP contribution is -1.97. The molecule has 0 saturated carbocycles. The van der Waals surface area contributed by atoms with Gasteiger partial charge in [-0.25, -0.2) is 9.37 Å². The van der Waals surface area contributed by atoms with Crippen molar-refractivity contribution < 1.29 is 14.3 Å². The first-order valence-electron chi connectivity index (χ1n) is 5.08. The van der Waals surface area contributed by atoms with Gasteiger partial charge in [0.25, 0.3) is 0 Å². The summed E-state index contributed by atoms with van der Waals surface area (Å²) in [4.78, 5) is 15.1. The quantitative estimate of drug-likeness (QED) is 0.655. The second-order valence-corrected chi connectivity index (χ2v) is 4.56. The van der Waals surface area contributed by atoms with E-state index >= 15 is 0 Å². The predicted molar refractivity (Wildman–Crippen MR) is 64.0 cm³/mol. The highest BCUT2D eigenvalue weighted by molar-refractivity contribution is 7.98. The average molecular weight is 267 g/mol. The van der Waals surface area contributed by atoms with Crippen LogP contribution in [0.5, 0.6) is 5.75 Å². The van der Waals surface area contributed by atoms with Gasteiger partial charge in [-0.05, 0) is 19.1 Å².